The van der Waals surface area contributed by atoms with Crippen LogP contribution in [-0.4, -0.2) is 76.9 Å². The van der Waals surface area contributed by atoms with Crippen LogP contribution in [0.1, 0.15) is 29.9 Å². The largest absolute Gasteiger partial charge is 0.505 e. The van der Waals surface area contributed by atoms with E-state index >= 15 is 0 Å². The number of aliphatic hydroxyl groups is 1. The van der Waals surface area contributed by atoms with E-state index in [1.54, 1.807) is 35.7 Å². The van der Waals surface area contributed by atoms with Crippen molar-refractivity contribution in [3.63, 3.8) is 0 Å². The summed E-state index contributed by atoms with van der Waals surface area (Å²) in [6.45, 7) is 4.96. The highest BCUT2D eigenvalue weighted by atomic mass is 16.5. The fraction of sp³-hybridized carbons (Fsp3) is 0.346. The molecule has 1 N–H and O–H groups in total. The Balaban J connectivity index is 1.93. The van der Waals surface area contributed by atoms with E-state index in [0.717, 1.165) is 0 Å². The molecule has 1 amide bonds. The Morgan fingerprint density at radius 3 is 2.63 bits per heavy atom. The Bertz CT molecular complexity index is 1310. The maximum absolute atomic E-state index is 13.3. The van der Waals surface area contributed by atoms with Crippen LogP contribution in [0.25, 0.3) is 11.4 Å². The van der Waals surface area contributed by atoms with E-state index < -0.39 is 17.7 Å². The molecule has 9 heteroatoms. The number of benzene rings is 1. The number of ether oxygens (including phenoxy) is 2. The van der Waals surface area contributed by atoms with E-state index in [0.29, 0.717) is 53.8 Å². The maximum Gasteiger partial charge on any atom is 0.295 e. The standard InChI is InChI=1S/C26H30N4O5/c1-6-35-18-11-10-17(15-19(18)34-5)23-21(25(32)26(33)30(23)14-13-28(3)4)24(31)22-16(2)27-20-9-7-8-12-29(20)22/h7-12,15,23,31H,6,13-14H2,1-5H3. The molecule has 1 aromatic carbocycles. The topological polar surface area (TPSA) is 96.6 Å². The number of imidazole rings is 1. The van der Waals surface area contributed by atoms with Gasteiger partial charge in [-0.3, -0.25) is 14.0 Å². The molecule has 1 atom stereocenters. The molecule has 1 aliphatic rings. The fourth-order valence-electron chi connectivity index (χ4n) is 4.42. The normalized spacial score (nSPS) is 17.5. The number of nitrogens with zero attached hydrogens (tertiary/aromatic N) is 4. The average molecular weight is 479 g/mol. The molecular weight excluding hydrogens is 448 g/mol. The van der Waals surface area contributed by atoms with Crippen molar-refractivity contribution >= 4 is 23.1 Å². The summed E-state index contributed by atoms with van der Waals surface area (Å²) < 4.78 is 12.9. The number of hydrogen-bond donors (Lipinski definition) is 1. The number of carbonyl (C=O) groups is 2. The van der Waals surface area contributed by atoms with Gasteiger partial charge in [-0.25, -0.2) is 4.98 Å². The van der Waals surface area contributed by atoms with Crippen LogP contribution in [0.3, 0.4) is 0 Å². The molecule has 1 unspecified atom stereocenters. The van der Waals surface area contributed by atoms with Gasteiger partial charge in [-0.2, -0.15) is 0 Å². The van der Waals surface area contributed by atoms with Gasteiger partial charge >= 0.3 is 0 Å². The molecule has 0 saturated carbocycles. The van der Waals surface area contributed by atoms with Crippen molar-refractivity contribution < 1.29 is 24.2 Å². The third kappa shape index (κ3) is 4.35. The van der Waals surface area contributed by atoms with Crippen LogP contribution in [0.5, 0.6) is 11.5 Å². The lowest BCUT2D eigenvalue weighted by molar-refractivity contribution is -0.140. The van der Waals surface area contributed by atoms with Gasteiger partial charge in [0, 0.05) is 19.3 Å². The van der Waals surface area contributed by atoms with Gasteiger partial charge in [0.05, 0.1) is 31.0 Å². The molecule has 184 valence electrons. The molecule has 3 heterocycles. The van der Waals surface area contributed by atoms with Gasteiger partial charge in [-0.15, -0.1) is 0 Å². The van der Waals surface area contributed by atoms with Crippen LogP contribution < -0.4 is 9.47 Å². The van der Waals surface area contributed by atoms with E-state index in [9.17, 15) is 14.7 Å². The minimum atomic E-state index is -0.798. The maximum atomic E-state index is 13.3. The number of fused-ring (bicyclic) bond motifs is 1. The van der Waals surface area contributed by atoms with Crippen molar-refractivity contribution in [1.82, 2.24) is 19.2 Å². The molecule has 1 saturated heterocycles. The van der Waals surface area contributed by atoms with Crippen molar-refractivity contribution in [2.45, 2.75) is 19.9 Å². The molecule has 4 rings (SSSR count). The summed E-state index contributed by atoms with van der Waals surface area (Å²) in [6.07, 6.45) is 1.77. The molecule has 3 aromatic rings. The van der Waals surface area contributed by atoms with Crippen molar-refractivity contribution in [1.29, 1.82) is 0 Å². The fourth-order valence-corrected chi connectivity index (χ4v) is 4.42. The zero-order valence-corrected chi connectivity index (χ0v) is 20.6. The Kier molecular flexibility index (Phi) is 6.79. The van der Waals surface area contributed by atoms with Crippen molar-refractivity contribution in [2.75, 3.05) is 40.9 Å². The number of aliphatic hydroxyl groups excluding tert-OH is 1. The van der Waals surface area contributed by atoms with Gasteiger partial charge in [-0.05, 0) is 57.8 Å². The van der Waals surface area contributed by atoms with Crippen LogP contribution >= 0.6 is 0 Å². The highest BCUT2D eigenvalue weighted by Crippen LogP contribution is 2.42. The highest BCUT2D eigenvalue weighted by molar-refractivity contribution is 6.46. The van der Waals surface area contributed by atoms with Gasteiger partial charge in [0.1, 0.15) is 11.3 Å². The highest BCUT2D eigenvalue weighted by Gasteiger charge is 2.46. The molecule has 1 fully saturated rings. The quantitative estimate of drug-likeness (QED) is 0.302. The van der Waals surface area contributed by atoms with Gasteiger partial charge in [0.25, 0.3) is 11.7 Å². The molecule has 9 nitrogen and oxygen atoms in total. The van der Waals surface area contributed by atoms with Crippen LogP contribution in [0, 0.1) is 6.92 Å². The van der Waals surface area contributed by atoms with Gasteiger partial charge in [-0.1, -0.05) is 12.1 Å². The number of Topliss-reactive ketones (excluding diaryl/α,β-unsaturated/α-hetero) is 1. The third-order valence-electron chi connectivity index (χ3n) is 6.06. The summed E-state index contributed by atoms with van der Waals surface area (Å²) in [6, 6.07) is 9.97. The number of carbonyl (C=O) groups excluding carboxylic acids is 2. The Hall–Kier alpha value is -3.85. The molecule has 0 spiro atoms. The molecule has 2 aromatic heterocycles. The lowest BCUT2D eigenvalue weighted by Gasteiger charge is -2.27. The smallest absolute Gasteiger partial charge is 0.295 e. The lowest BCUT2D eigenvalue weighted by Crippen LogP contribution is -2.35. The van der Waals surface area contributed by atoms with Crippen LogP contribution in [-0.2, 0) is 9.59 Å². The van der Waals surface area contributed by atoms with E-state index in [2.05, 4.69) is 4.98 Å². The number of pyridine rings is 1. The molecule has 0 radical (unpaired) electrons. The zero-order chi connectivity index (χ0) is 25.3. The van der Waals surface area contributed by atoms with Gasteiger partial charge in [0.15, 0.2) is 17.3 Å². The van der Waals surface area contributed by atoms with E-state index in [-0.39, 0.29) is 11.3 Å². The SMILES string of the molecule is CCOc1ccc(C2C(=C(O)c3c(C)nc4ccccn34)C(=O)C(=O)N2CCN(C)C)cc1OC. The van der Waals surface area contributed by atoms with E-state index in [4.69, 9.17) is 9.47 Å². The van der Waals surface area contributed by atoms with Crippen LogP contribution in [0.2, 0.25) is 0 Å². The Morgan fingerprint density at radius 1 is 1.17 bits per heavy atom. The summed E-state index contributed by atoms with van der Waals surface area (Å²) >= 11 is 0. The number of amides is 1. The summed E-state index contributed by atoms with van der Waals surface area (Å²) in [7, 11) is 5.33. The van der Waals surface area contributed by atoms with Crippen molar-refractivity contribution in [3.8, 4) is 11.5 Å². The monoisotopic (exact) mass is 478 g/mol. The predicted octanol–water partition coefficient (Wildman–Crippen LogP) is 3.03. The Labute approximate surface area is 204 Å². The number of ketones is 1. The average Bonchev–Trinajstić information content (AvgIpc) is 3.30. The summed E-state index contributed by atoms with van der Waals surface area (Å²) in [5.74, 6) is -0.609. The second-order valence-corrected chi connectivity index (χ2v) is 8.61. The molecule has 35 heavy (non-hydrogen) atoms. The van der Waals surface area contributed by atoms with Crippen molar-refractivity contribution in [3.05, 3.63) is 65.1 Å². The second kappa shape index (κ2) is 9.79. The first kappa shape index (κ1) is 24.3. The number of aromatic nitrogens is 2. The lowest BCUT2D eigenvalue weighted by atomic mass is 9.96. The first-order valence-electron chi connectivity index (χ1n) is 11.5. The molecular formula is C26H30N4O5. The summed E-state index contributed by atoms with van der Waals surface area (Å²) in [5, 5.41) is 11.5. The number of methoxy groups -OCH3 is 1. The van der Waals surface area contributed by atoms with Crippen LogP contribution in [0.4, 0.5) is 0 Å². The zero-order valence-electron chi connectivity index (χ0n) is 20.6. The van der Waals surface area contributed by atoms with Crippen molar-refractivity contribution in [2.24, 2.45) is 0 Å². The number of aryl methyl sites for hydroxylation is 1. The van der Waals surface area contributed by atoms with Crippen LogP contribution in [0.15, 0.2) is 48.2 Å². The number of rotatable bonds is 8. The molecule has 0 bridgehead atoms. The first-order valence-corrected chi connectivity index (χ1v) is 11.5. The van der Waals surface area contributed by atoms with Gasteiger partial charge in [0.2, 0.25) is 0 Å². The summed E-state index contributed by atoms with van der Waals surface area (Å²) in [4.78, 5) is 34.5. The second-order valence-electron chi connectivity index (χ2n) is 8.61. The number of likely N-dealkylation sites (N-methyl/N-ethyl adjacent to an activating group) is 1. The van der Waals surface area contributed by atoms with E-state index in [1.165, 1.54) is 12.0 Å². The minimum absolute atomic E-state index is 0.0220. The number of likely N-dealkylation sites (tertiary alicyclic amines) is 1. The molecule has 1 aliphatic heterocycles. The first-order chi connectivity index (χ1) is 16.8. The van der Waals surface area contributed by atoms with E-state index in [1.807, 2.05) is 44.1 Å². The Morgan fingerprint density at radius 2 is 1.94 bits per heavy atom. The summed E-state index contributed by atoms with van der Waals surface area (Å²) in [5.41, 5.74) is 2.23. The van der Waals surface area contributed by atoms with Gasteiger partial charge < -0.3 is 24.4 Å². The predicted molar refractivity (Wildman–Crippen MR) is 132 cm³/mol. The molecule has 0 aliphatic carbocycles. The third-order valence-corrected chi connectivity index (χ3v) is 6.06. The number of hydrogen-bond acceptors (Lipinski definition) is 7. The minimum Gasteiger partial charge on any atom is -0.505 e.